The summed E-state index contributed by atoms with van der Waals surface area (Å²) in [6, 6.07) is 4.24. The molecule has 8 heteroatoms. The Morgan fingerprint density at radius 1 is 1.21 bits per heavy atom. The molecular formula is C21H28FN7. The zero-order chi connectivity index (χ0) is 20.1. The molecule has 1 aliphatic carbocycles. The first-order valence-corrected chi connectivity index (χ1v) is 10.4. The molecule has 2 atom stereocenters. The number of fused-ring (bicyclic) bond motifs is 1. The zero-order valence-electron chi connectivity index (χ0n) is 16.7. The SMILES string of the molecule is CCCNCNC1CCCCC1Nc1nc(-c2c[nH]c3ncccc23)ncc1F. The van der Waals surface area contributed by atoms with E-state index in [0.717, 1.165) is 55.5 Å². The van der Waals surface area contributed by atoms with Crippen LogP contribution in [0.25, 0.3) is 22.4 Å². The molecule has 0 spiro atoms. The minimum atomic E-state index is -0.430. The fourth-order valence-electron chi connectivity index (χ4n) is 3.93. The topological polar surface area (TPSA) is 90.5 Å². The van der Waals surface area contributed by atoms with Gasteiger partial charge in [0.2, 0.25) is 0 Å². The summed E-state index contributed by atoms with van der Waals surface area (Å²) < 4.78 is 14.5. The summed E-state index contributed by atoms with van der Waals surface area (Å²) in [5.41, 5.74) is 1.58. The molecular weight excluding hydrogens is 369 g/mol. The summed E-state index contributed by atoms with van der Waals surface area (Å²) in [5, 5.41) is 11.2. The normalized spacial score (nSPS) is 19.5. The summed E-state index contributed by atoms with van der Waals surface area (Å²) >= 11 is 0. The van der Waals surface area contributed by atoms with Gasteiger partial charge in [-0.2, -0.15) is 0 Å². The lowest BCUT2D eigenvalue weighted by molar-refractivity contribution is 0.334. The van der Waals surface area contributed by atoms with Gasteiger partial charge in [0.25, 0.3) is 0 Å². The van der Waals surface area contributed by atoms with Crippen molar-refractivity contribution in [1.82, 2.24) is 30.6 Å². The highest BCUT2D eigenvalue weighted by Crippen LogP contribution is 2.27. The summed E-state index contributed by atoms with van der Waals surface area (Å²) in [6.45, 7) is 3.90. The van der Waals surface area contributed by atoms with Gasteiger partial charge in [-0.3, -0.25) is 5.32 Å². The van der Waals surface area contributed by atoms with Crippen LogP contribution in [0.1, 0.15) is 39.0 Å². The molecule has 154 valence electrons. The van der Waals surface area contributed by atoms with Gasteiger partial charge >= 0.3 is 0 Å². The molecule has 0 aliphatic heterocycles. The highest BCUT2D eigenvalue weighted by molar-refractivity contribution is 5.91. The lowest BCUT2D eigenvalue weighted by Gasteiger charge is -2.33. The highest BCUT2D eigenvalue weighted by Gasteiger charge is 2.26. The van der Waals surface area contributed by atoms with Gasteiger partial charge in [-0.05, 0) is 37.9 Å². The van der Waals surface area contributed by atoms with Crippen LogP contribution in [0.4, 0.5) is 10.2 Å². The van der Waals surface area contributed by atoms with Crippen molar-refractivity contribution in [1.29, 1.82) is 0 Å². The monoisotopic (exact) mass is 397 g/mol. The van der Waals surface area contributed by atoms with Gasteiger partial charge in [-0.25, -0.2) is 19.3 Å². The third kappa shape index (κ3) is 4.54. The first kappa shape index (κ1) is 19.7. The van der Waals surface area contributed by atoms with Gasteiger partial charge in [0.15, 0.2) is 17.5 Å². The number of anilines is 1. The van der Waals surface area contributed by atoms with E-state index >= 15 is 0 Å². The van der Waals surface area contributed by atoms with E-state index in [1.807, 2.05) is 18.3 Å². The quantitative estimate of drug-likeness (QED) is 0.344. The summed E-state index contributed by atoms with van der Waals surface area (Å²) in [6.07, 6.45) is 10.3. The van der Waals surface area contributed by atoms with Crippen molar-refractivity contribution in [3.63, 3.8) is 0 Å². The lowest BCUT2D eigenvalue weighted by Crippen LogP contribution is -2.49. The van der Waals surface area contributed by atoms with Gasteiger partial charge in [0, 0.05) is 42.1 Å². The molecule has 7 nitrogen and oxygen atoms in total. The van der Waals surface area contributed by atoms with Gasteiger partial charge in [0.1, 0.15) is 5.65 Å². The van der Waals surface area contributed by atoms with E-state index in [2.05, 4.69) is 42.8 Å². The number of halogens is 1. The van der Waals surface area contributed by atoms with Crippen LogP contribution >= 0.6 is 0 Å². The Kier molecular flexibility index (Phi) is 6.31. The minimum Gasteiger partial charge on any atom is -0.363 e. The number of aromatic nitrogens is 4. The van der Waals surface area contributed by atoms with Crippen LogP contribution in [0, 0.1) is 5.82 Å². The Morgan fingerprint density at radius 2 is 2.07 bits per heavy atom. The van der Waals surface area contributed by atoms with E-state index in [1.165, 1.54) is 12.6 Å². The van der Waals surface area contributed by atoms with Crippen molar-refractivity contribution < 1.29 is 4.39 Å². The fourth-order valence-corrected chi connectivity index (χ4v) is 3.93. The van der Waals surface area contributed by atoms with Crippen molar-refractivity contribution in [3.8, 4) is 11.4 Å². The highest BCUT2D eigenvalue weighted by atomic mass is 19.1. The van der Waals surface area contributed by atoms with Crippen LogP contribution < -0.4 is 16.0 Å². The van der Waals surface area contributed by atoms with E-state index in [4.69, 9.17) is 0 Å². The maximum absolute atomic E-state index is 14.5. The fraction of sp³-hybridized carbons (Fsp3) is 0.476. The van der Waals surface area contributed by atoms with Crippen LogP contribution in [0.3, 0.4) is 0 Å². The van der Waals surface area contributed by atoms with E-state index in [0.29, 0.717) is 5.82 Å². The number of rotatable bonds is 8. The van der Waals surface area contributed by atoms with Gasteiger partial charge < -0.3 is 15.6 Å². The second kappa shape index (κ2) is 9.28. The number of hydrogen-bond donors (Lipinski definition) is 4. The van der Waals surface area contributed by atoms with Crippen molar-refractivity contribution >= 4 is 16.9 Å². The molecule has 0 radical (unpaired) electrons. The van der Waals surface area contributed by atoms with E-state index in [-0.39, 0.29) is 17.9 Å². The molecule has 0 aromatic carbocycles. The summed E-state index contributed by atoms with van der Waals surface area (Å²) in [7, 11) is 0. The molecule has 1 saturated carbocycles. The van der Waals surface area contributed by atoms with Crippen LogP contribution in [-0.4, -0.2) is 45.2 Å². The maximum Gasteiger partial charge on any atom is 0.183 e. The largest absolute Gasteiger partial charge is 0.363 e. The van der Waals surface area contributed by atoms with E-state index < -0.39 is 5.82 Å². The molecule has 3 heterocycles. The molecule has 3 aromatic rings. The first-order chi connectivity index (χ1) is 14.3. The maximum atomic E-state index is 14.5. The van der Waals surface area contributed by atoms with Gasteiger partial charge in [0.05, 0.1) is 6.20 Å². The second-order valence-electron chi connectivity index (χ2n) is 7.51. The molecule has 29 heavy (non-hydrogen) atoms. The number of nitrogens with zero attached hydrogens (tertiary/aromatic N) is 3. The van der Waals surface area contributed by atoms with Crippen molar-refractivity contribution in [2.45, 2.75) is 51.1 Å². The van der Waals surface area contributed by atoms with Crippen molar-refractivity contribution in [2.75, 3.05) is 18.5 Å². The third-order valence-corrected chi connectivity index (χ3v) is 5.44. The first-order valence-electron chi connectivity index (χ1n) is 10.4. The number of hydrogen-bond acceptors (Lipinski definition) is 6. The summed E-state index contributed by atoms with van der Waals surface area (Å²) in [5.74, 6) is 0.312. The van der Waals surface area contributed by atoms with E-state index in [1.54, 1.807) is 6.20 Å². The van der Waals surface area contributed by atoms with Crippen molar-refractivity contribution in [3.05, 3.63) is 36.5 Å². The standard InChI is InChI=1S/C21H28FN7/c1-2-9-23-13-27-17-7-3-4-8-18(17)28-21-16(22)12-26-20(29-21)15-11-25-19-14(15)6-5-10-24-19/h5-6,10-12,17-18,23,27H,2-4,7-9,13H2,1H3,(H,24,25)(H,26,28,29). The molecule has 0 saturated heterocycles. The average Bonchev–Trinajstić information content (AvgIpc) is 3.18. The predicted molar refractivity (Wildman–Crippen MR) is 113 cm³/mol. The molecule has 3 aromatic heterocycles. The van der Waals surface area contributed by atoms with Crippen LogP contribution in [0.15, 0.2) is 30.7 Å². The average molecular weight is 398 g/mol. The minimum absolute atomic E-state index is 0.133. The van der Waals surface area contributed by atoms with Crippen LogP contribution in [0.2, 0.25) is 0 Å². The molecule has 0 bridgehead atoms. The molecule has 1 aliphatic rings. The number of pyridine rings is 1. The summed E-state index contributed by atoms with van der Waals surface area (Å²) in [4.78, 5) is 16.1. The van der Waals surface area contributed by atoms with Gasteiger partial charge in [-0.1, -0.05) is 19.8 Å². The Hall–Kier alpha value is -2.58. The number of H-pyrrole nitrogens is 1. The number of nitrogens with one attached hydrogen (secondary N) is 4. The molecule has 1 fully saturated rings. The Morgan fingerprint density at radius 3 is 2.93 bits per heavy atom. The van der Waals surface area contributed by atoms with Gasteiger partial charge in [-0.15, -0.1) is 0 Å². The predicted octanol–water partition coefficient (Wildman–Crippen LogP) is 3.43. The van der Waals surface area contributed by atoms with Crippen molar-refractivity contribution in [2.24, 2.45) is 0 Å². The molecule has 4 N–H and O–H groups in total. The smallest absolute Gasteiger partial charge is 0.183 e. The third-order valence-electron chi connectivity index (χ3n) is 5.44. The second-order valence-corrected chi connectivity index (χ2v) is 7.51. The zero-order valence-corrected chi connectivity index (χ0v) is 16.7. The van der Waals surface area contributed by atoms with Crippen LogP contribution in [-0.2, 0) is 0 Å². The lowest BCUT2D eigenvalue weighted by atomic mass is 9.90. The molecule has 2 unspecified atom stereocenters. The Bertz CT molecular complexity index is 942. The Balaban J connectivity index is 1.52. The van der Waals surface area contributed by atoms with Crippen LogP contribution in [0.5, 0.6) is 0 Å². The Labute approximate surface area is 169 Å². The molecule has 4 rings (SSSR count). The number of aromatic amines is 1. The molecule has 0 amide bonds. The van der Waals surface area contributed by atoms with E-state index in [9.17, 15) is 4.39 Å².